The van der Waals surface area contributed by atoms with Crippen molar-refractivity contribution < 1.29 is 60.4 Å². The van der Waals surface area contributed by atoms with Crippen LogP contribution in [-0.2, 0) is 23.9 Å². The molecule has 3 fully saturated rings. The fourth-order valence-corrected chi connectivity index (χ4v) is 3.74. The lowest BCUT2D eigenvalue weighted by atomic mass is 10.00. The highest BCUT2D eigenvalue weighted by atomic mass is 19.4. The van der Waals surface area contributed by atoms with Crippen molar-refractivity contribution in [1.82, 2.24) is 15.1 Å². The average molecular weight is 525 g/mol. The summed E-state index contributed by atoms with van der Waals surface area (Å²) in [4.78, 5) is 34.2. The van der Waals surface area contributed by atoms with Crippen LogP contribution in [0.3, 0.4) is 0 Å². The Bertz CT molecular complexity index is 677. The molecule has 0 aromatic heterocycles. The smallest absolute Gasteiger partial charge is 0.475 e. The molecule has 3 rings (SSSR count). The van der Waals surface area contributed by atoms with Crippen LogP contribution in [0.5, 0.6) is 0 Å². The number of ether oxygens (including phenoxy) is 2. The highest BCUT2D eigenvalue weighted by Crippen LogP contribution is 2.25. The number of morpholine rings is 1. The minimum absolute atomic E-state index is 0.0959. The van der Waals surface area contributed by atoms with Crippen molar-refractivity contribution in [3.8, 4) is 0 Å². The highest BCUT2D eigenvalue weighted by Gasteiger charge is 2.41. The molecule has 3 aliphatic heterocycles. The predicted octanol–water partition coefficient (Wildman–Crippen LogP) is 0.811. The fourth-order valence-electron chi connectivity index (χ4n) is 3.74. The molecule has 2 atom stereocenters. The van der Waals surface area contributed by atoms with Gasteiger partial charge in [-0.1, -0.05) is 0 Å². The van der Waals surface area contributed by atoms with Gasteiger partial charge in [0, 0.05) is 46.4 Å². The minimum Gasteiger partial charge on any atom is -0.475 e. The van der Waals surface area contributed by atoms with E-state index in [0.717, 1.165) is 51.9 Å². The van der Waals surface area contributed by atoms with E-state index < -0.39 is 24.3 Å². The third-order valence-electron chi connectivity index (χ3n) is 5.46. The van der Waals surface area contributed by atoms with Gasteiger partial charge in [0.25, 0.3) is 0 Å². The Morgan fingerprint density at radius 1 is 0.943 bits per heavy atom. The first-order chi connectivity index (χ1) is 16.1. The molecule has 3 heterocycles. The third kappa shape index (κ3) is 11.4. The summed E-state index contributed by atoms with van der Waals surface area (Å²) in [5.74, 6) is -4.66. The molecule has 0 spiro atoms. The largest absolute Gasteiger partial charge is 0.490 e. The number of fused-ring (bicyclic) bond motifs is 1. The van der Waals surface area contributed by atoms with E-state index in [2.05, 4.69) is 15.1 Å². The number of alkyl halides is 6. The Morgan fingerprint density at radius 2 is 1.46 bits per heavy atom. The standard InChI is InChI=1S/C15H27N3O3.2C2HF3O2/c1-16-15(19)11-18-4-7-21-14-10-17(9-13(14)18)8-12-2-5-20-6-3-12;2*3-2(4,5)1(6)7/h12-14H,2-11H2,1H3,(H,16,19);2*(H,6,7)/t13-,14+;;/m1../s1. The van der Waals surface area contributed by atoms with Crippen molar-refractivity contribution in [3.63, 3.8) is 0 Å². The summed E-state index contributed by atoms with van der Waals surface area (Å²) in [6.07, 6.45) is -7.55. The van der Waals surface area contributed by atoms with Crippen molar-refractivity contribution in [1.29, 1.82) is 0 Å². The van der Waals surface area contributed by atoms with Gasteiger partial charge in [-0.3, -0.25) is 14.6 Å². The molecule has 0 bridgehead atoms. The van der Waals surface area contributed by atoms with E-state index in [-0.39, 0.29) is 12.0 Å². The van der Waals surface area contributed by atoms with Crippen LogP contribution in [0.15, 0.2) is 0 Å². The van der Waals surface area contributed by atoms with Gasteiger partial charge in [0.2, 0.25) is 5.91 Å². The van der Waals surface area contributed by atoms with E-state index >= 15 is 0 Å². The van der Waals surface area contributed by atoms with Gasteiger partial charge in [0.1, 0.15) is 0 Å². The number of hydrogen-bond acceptors (Lipinski definition) is 7. The van der Waals surface area contributed by atoms with E-state index in [1.54, 1.807) is 7.05 Å². The number of hydrogen-bond donors (Lipinski definition) is 3. The number of rotatable bonds is 4. The summed E-state index contributed by atoms with van der Waals surface area (Å²) in [5.41, 5.74) is 0. The molecule has 0 unspecified atom stereocenters. The maximum absolute atomic E-state index is 11.6. The summed E-state index contributed by atoms with van der Waals surface area (Å²) in [7, 11) is 1.70. The first kappa shape index (κ1) is 30.9. The number of amides is 1. The SMILES string of the molecule is CNC(=O)CN1CCO[C@H]2CN(CC3CCOCC3)C[C@H]21.O=C(O)C(F)(F)F.O=C(O)C(F)(F)F. The Kier molecular flexibility index (Phi) is 12.2. The van der Waals surface area contributed by atoms with E-state index in [0.29, 0.717) is 12.6 Å². The van der Waals surface area contributed by atoms with E-state index in [9.17, 15) is 31.1 Å². The lowest BCUT2D eigenvalue weighted by molar-refractivity contribution is -0.193. The molecule has 1 amide bonds. The van der Waals surface area contributed by atoms with Crippen molar-refractivity contribution in [3.05, 3.63) is 0 Å². The maximum Gasteiger partial charge on any atom is 0.490 e. The number of carboxylic acid groups (broad SMARTS) is 2. The maximum atomic E-state index is 11.6. The molecule has 0 aliphatic carbocycles. The Morgan fingerprint density at radius 3 is 1.91 bits per heavy atom. The van der Waals surface area contributed by atoms with Crippen molar-refractivity contribution in [2.45, 2.75) is 37.3 Å². The van der Waals surface area contributed by atoms with Crippen LogP contribution in [0.1, 0.15) is 12.8 Å². The van der Waals surface area contributed by atoms with E-state index in [1.807, 2.05) is 0 Å². The quantitative estimate of drug-likeness (QED) is 0.457. The number of carbonyl (C=O) groups excluding carboxylic acids is 1. The molecule has 0 aromatic carbocycles. The van der Waals surface area contributed by atoms with Crippen LogP contribution in [-0.4, -0.2) is 122 Å². The monoisotopic (exact) mass is 525 g/mol. The van der Waals surface area contributed by atoms with E-state index in [1.165, 1.54) is 12.8 Å². The van der Waals surface area contributed by atoms with Gasteiger partial charge in [-0.25, -0.2) is 9.59 Å². The molecule has 10 nitrogen and oxygen atoms in total. The van der Waals surface area contributed by atoms with Crippen LogP contribution in [0.4, 0.5) is 26.3 Å². The minimum atomic E-state index is -5.08. The molecular weight excluding hydrogens is 496 g/mol. The molecule has 16 heteroatoms. The number of nitrogens with one attached hydrogen (secondary N) is 1. The van der Waals surface area contributed by atoms with Gasteiger partial charge in [0.05, 0.1) is 25.3 Å². The van der Waals surface area contributed by atoms with Gasteiger partial charge in [-0.15, -0.1) is 0 Å². The zero-order valence-electron chi connectivity index (χ0n) is 18.9. The van der Waals surface area contributed by atoms with Crippen LogP contribution in [0.2, 0.25) is 0 Å². The lowest BCUT2D eigenvalue weighted by Gasteiger charge is -2.36. The van der Waals surface area contributed by atoms with Gasteiger partial charge in [-0.05, 0) is 18.8 Å². The molecule has 0 aromatic rings. The number of halogens is 6. The van der Waals surface area contributed by atoms with Crippen LogP contribution in [0.25, 0.3) is 0 Å². The molecule has 3 aliphatic rings. The van der Waals surface area contributed by atoms with Crippen LogP contribution >= 0.6 is 0 Å². The first-order valence-corrected chi connectivity index (χ1v) is 10.6. The zero-order valence-corrected chi connectivity index (χ0v) is 18.9. The molecule has 0 radical (unpaired) electrons. The zero-order chi connectivity index (χ0) is 26.8. The molecule has 204 valence electrons. The summed E-state index contributed by atoms with van der Waals surface area (Å²) in [6.45, 7) is 7.09. The summed E-state index contributed by atoms with van der Waals surface area (Å²) in [5, 5.41) is 17.0. The second-order valence-corrected chi connectivity index (χ2v) is 8.00. The highest BCUT2D eigenvalue weighted by molar-refractivity contribution is 5.77. The number of carbonyl (C=O) groups is 3. The summed E-state index contributed by atoms with van der Waals surface area (Å²) >= 11 is 0. The fraction of sp³-hybridized carbons (Fsp3) is 0.842. The molecule has 3 N–H and O–H groups in total. The Labute approximate surface area is 197 Å². The predicted molar refractivity (Wildman–Crippen MR) is 107 cm³/mol. The first-order valence-electron chi connectivity index (χ1n) is 10.6. The van der Waals surface area contributed by atoms with Crippen LogP contribution in [0, 0.1) is 5.92 Å². The van der Waals surface area contributed by atoms with Gasteiger partial charge in [0.15, 0.2) is 0 Å². The van der Waals surface area contributed by atoms with Crippen molar-refractivity contribution in [2.24, 2.45) is 5.92 Å². The molecule has 3 saturated heterocycles. The average Bonchev–Trinajstić information content (AvgIpc) is 3.17. The van der Waals surface area contributed by atoms with Gasteiger partial charge >= 0.3 is 24.3 Å². The molecule has 0 saturated carbocycles. The normalized spacial score (nSPS) is 23.7. The lowest BCUT2D eigenvalue weighted by Crippen LogP contribution is -2.53. The van der Waals surface area contributed by atoms with Crippen LogP contribution < -0.4 is 5.32 Å². The number of likely N-dealkylation sites (tertiary alicyclic amines) is 1. The number of likely N-dealkylation sites (N-methyl/N-ethyl adjacent to an activating group) is 1. The third-order valence-corrected chi connectivity index (χ3v) is 5.46. The van der Waals surface area contributed by atoms with Gasteiger partial charge < -0.3 is 25.0 Å². The Balaban J connectivity index is 0.000000362. The Hall–Kier alpha value is -2.17. The summed E-state index contributed by atoms with van der Waals surface area (Å²) < 4.78 is 74.8. The number of nitrogens with zero attached hydrogens (tertiary/aromatic N) is 2. The molecular formula is C19H29F6N3O7. The van der Waals surface area contributed by atoms with Gasteiger partial charge in [-0.2, -0.15) is 26.3 Å². The van der Waals surface area contributed by atoms with Crippen molar-refractivity contribution >= 4 is 17.8 Å². The number of carboxylic acids is 2. The topological polar surface area (TPSA) is 129 Å². The second kappa shape index (κ2) is 13.8. The second-order valence-electron chi connectivity index (χ2n) is 8.00. The van der Waals surface area contributed by atoms with Crippen molar-refractivity contribution in [2.75, 3.05) is 59.6 Å². The molecule has 35 heavy (non-hydrogen) atoms. The number of aliphatic carboxylic acids is 2. The summed E-state index contributed by atoms with van der Waals surface area (Å²) in [6, 6.07) is 0.371. The van der Waals surface area contributed by atoms with E-state index in [4.69, 9.17) is 29.3 Å².